The van der Waals surface area contributed by atoms with Crippen LogP contribution in [0.5, 0.6) is 5.75 Å². The second kappa shape index (κ2) is 7.23. The van der Waals surface area contributed by atoms with E-state index in [-0.39, 0.29) is 0 Å². The molecule has 1 fully saturated rings. The number of thiocarbonyl (C=S) groups is 1. The number of benzene rings is 1. The zero-order valence-corrected chi connectivity index (χ0v) is 14.0. The van der Waals surface area contributed by atoms with E-state index in [9.17, 15) is 0 Å². The molecule has 1 aromatic rings. The molecule has 0 aromatic heterocycles. The minimum Gasteiger partial charge on any atom is -0.492 e. The lowest BCUT2D eigenvalue weighted by Gasteiger charge is -2.41. The molecule has 0 spiro atoms. The summed E-state index contributed by atoms with van der Waals surface area (Å²) in [5.74, 6) is 2.30. The van der Waals surface area contributed by atoms with Crippen molar-refractivity contribution in [2.75, 3.05) is 19.7 Å². The summed E-state index contributed by atoms with van der Waals surface area (Å²) < 4.78 is 5.91. The van der Waals surface area contributed by atoms with Gasteiger partial charge in [-0.2, -0.15) is 0 Å². The standard InChI is InChI=1S/C17H26N2OS/c1-12-10-13(2)14(3)19(11-12)8-9-20-16-7-5-4-6-15(16)17(18)21/h4-7,12-14H,8-11H2,1-3H3,(H2,18,21). The van der Waals surface area contributed by atoms with Crippen LogP contribution in [-0.4, -0.2) is 35.6 Å². The topological polar surface area (TPSA) is 38.5 Å². The smallest absolute Gasteiger partial charge is 0.129 e. The highest BCUT2D eigenvalue weighted by atomic mass is 32.1. The Labute approximate surface area is 133 Å². The normalized spacial score (nSPS) is 26.5. The van der Waals surface area contributed by atoms with E-state index >= 15 is 0 Å². The molecule has 1 aliphatic heterocycles. The molecule has 1 aliphatic rings. The Hall–Kier alpha value is -1.13. The Morgan fingerprint density at radius 3 is 2.76 bits per heavy atom. The SMILES string of the molecule is CC1CC(C)C(C)N(CCOc2ccccc2C(N)=S)C1. The summed E-state index contributed by atoms with van der Waals surface area (Å²) in [5, 5.41) is 0. The average molecular weight is 306 g/mol. The Kier molecular flexibility index (Phi) is 5.59. The highest BCUT2D eigenvalue weighted by molar-refractivity contribution is 7.80. The predicted molar refractivity (Wildman–Crippen MR) is 91.8 cm³/mol. The number of nitrogens with two attached hydrogens (primary N) is 1. The molecule has 3 nitrogen and oxygen atoms in total. The summed E-state index contributed by atoms with van der Waals surface area (Å²) >= 11 is 5.06. The number of hydrogen-bond acceptors (Lipinski definition) is 3. The van der Waals surface area contributed by atoms with E-state index in [0.717, 1.165) is 36.2 Å². The maximum atomic E-state index is 5.91. The monoisotopic (exact) mass is 306 g/mol. The summed E-state index contributed by atoms with van der Waals surface area (Å²) in [6.45, 7) is 9.77. The van der Waals surface area contributed by atoms with Gasteiger partial charge in [0.15, 0.2) is 0 Å². The quantitative estimate of drug-likeness (QED) is 0.849. The zero-order chi connectivity index (χ0) is 15.4. The molecule has 21 heavy (non-hydrogen) atoms. The maximum Gasteiger partial charge on any atom is 0.129 e. The second-order valence-corrected chi connectivity index (χ2v) is 6.70. The highest BCUT2D eigenvalue weighted by Gasteiger charge is 2.28. The van der Waals surface area contributed by atoms with Gasteiger partial charge in [-0.05, 0) is 37.3 Å². The number of ether oxygens (including phenoxy) is 1. The van der Waals surface area contributed by atoms with Crippen molar-refractivity contribution in [3.63, 3.8) is 0 Å². The predicted octanol–water partition coefficient (Wildman–Crippen LogP) is 3.07. The molecule has 0 saturated carbocycles. The third-order valence-electron chi connectivity index (χ3n) is 4.51. The van der Waals surface area contributed by atoms with E-state index in [1.165, 1.54) is 6.42 Å². The fraction of sp³-hybridized carbons (Fsp3) is 0.588. The average Bonchev–Trinajstić information content (AvgIpc) is 2.44. The Morgan fingerprint density at radius 2 is 2.05 bits per heavy atom. The van der Waals surface area contributed by atoms with Crippen LogP contribution in [0.1, 0.15) is 32.8 Å². The van der Waals surface area contributed by atoms with Crippen LogP contribution in [0.2, 0.25) is 0 Å². The van der Waals surface area contributed by atoms with Crippen molar-refractivity contribution in [3.05, 3.63) is 29.8 Å². The van der Waals surface area contributed by atoms with E-state index in [1.54, 1.807) is 0 Å². The lowest BCUT2D eigenvalue weighted by Crippen LogP contribution is -2.47. The van der Waals surface area contributed by atoms with Gasteiger partial charge in [-0.15, -0.1) is 0 Å². The molecule has 3 atom stereocenters. The molecule has 2 N–H and O–H groups in total. The van der Waals surface area contributed by atoms with E-state index in [4.69, 9.17) is 22.7 Å². The maximum absolute atomic E-state index is 5.91. The second-order valence-electron chi connectivity index (χ2n) is 6.26. The molecule has 0 aliphatic carbocycles. The molecule has 116 valence electrons. The van der Waals surface area contributed by atoms with Gasteiger partial charge in [0.1, 0.15) is 17.3 Å². The molecular formula is C17H26N2OS. The van der Waals surface area contributed by atoms with Gasteiger partial charge in [0.2, 0.25) is 0 Å². The van der Waals surface area contributed by atoms with Crippen LogP contribution >= 0.6 is 12.2 Å². The van der Waals surface area contributed by atoms with Crippen LogP contribution in [0.25, 0.3) is 0 Å². The number of para-hydroxylation sites is 1. The van der Waals surface area contributed by atoms with E-state index in [1.807, 2.05) is 24.3 Å². The molecule has 1 saturated heterocycles. The van der Waals surface area contributed by atoms with Crippen molar-refractivity contribution in [1.29, 1.82) is 0 Å². The number of rotatable bonds is 5. The van der Waals surface area contributed by atoms with Crippen LogP contribution in [0, 0.1) is 11.8 Å². The van der Waals surface area contributed by atoms with Crippen LogP contribution in [0.3, 0.4) is 0 Å². The molecule has 0 radical (unpaired) electrons. The van der Waals surface area contributed by atoms with E-state index in [2.05, 4.69) is 25.7 Å². The first-order chi connectivity index (χ1) is 9.99. The Morgan fingerprint density at radius 1 is 1.33 bits per heavy atom. The van der Waals surface area contributed by atoms with Gasteiger partial charge < -0.3 is 10.5 Å². The van der Waals surface area contributed by atoms with Crippen molar-refractivity contribution in [2.45, 2.75) is 33.2 Å². The summed E-state index contributed by atoms with van der Waals surface area (Å²) in [6, 6.07) is 8.34. The number of piperidine rings is 1. The fourth-order valence-electron chi connectivity index (χ4n) is 3.20. The largest absolute Gasteiger partial charge is 0.492 e. The Bertz CT molecular complexity index is 491. The van der Waals surface area contributed by atoms with Gasteiger partial charge >= 0.3 is 0 Å². The first-order valence-corrected chi connectivity index (χ1v) is 8.15. The van der Waals surface area contributed by atoms with Crippen LogP contribution in [0.15, 0.2) is 24.3 Å². The highest BCUT2D eigenvalue weighted by Crippen LogP contribution is 2.26. The van der Waals surface area contributed by atoms with Crippen molar-refractivity contribution in [1.82, 2.24) is 4.90 Å². The van der Waals surface area contributed by atoms with Gasteiger partial charge in [-0.1, -0.05) is 38.2 Å². The van der Waals surface area contributed by atoms with Crippen molar-refractivity contribution >= 4 is 17.2 Å². The summed E-state index contributed by atoms with van der Waals surface area (Å²) in [6.07, 6.45) is 1.32. The number of hydrogen-bond donors (Lipinski definition) is 1. The van der Waals surface area contributed by atoms with Crippen LogP contribution in [-0.2, 0) is 0 Å². The van der Waals surface area contributed by atoms with Gasteiger partial charge in [0, 0.05) is 19.1 Å². The van der Waals surface area contributed by atoms with E-state index < -0.39 is 0 Å². The van der Waals surface area contributed by atoms with Gasteiger partial charge in [-0.3, -0.25) is 4.90 Å². The zero-order valence-electron chi connectivity index (χ0n) is 13.2. The third-order valence-corrected chi connectivity index (χ3v) is 4.73. The molecule has 1 aromatic carbocycles. The van der Waals surface area contributed by atoms with Gasteiger partial charge in [-0.25, -0.2) is 0 Å². The minimum atomic E-state index is 0.388. The fourth-order valence-corrected chi connectivity index (χ4v) is 3.37. The van der Waals surface area contributed by atoms with Gasteiger partial charge in [0.05, 0.1) is 5.56 Å². The molecule has 4 heteroatoms. The first kappa shape index (κ1) is 16.2. The lowest BCUT2D eigenvalue weighted by atomic mass is 9.86. The molecule has 0 amide bonds. The first-order valence-electron chi connectivity index (χ1n) is 7.74. The summed E-state index contributed by atoms with van der Waals surface area (Å²) in [7, 11) is 0. The molecular weight excluding hydrogens is 280 g/mol. The Balaban J connectivity index is 1.91. The van der Waals surface area contributed by atoms with Crippen molar-refractivity contribution < 1.29 is 4.74 Å². The van der Waals surface area contributed by atoms with Crippen molar-refractivity contribution in [2.24, 2.45) is 17.6 Å². The molecule has 0 bridgehead atoms. The van der Waals surface area contributed by atoms with Crippen molar-refractivity contribution in [3.8, 4) is 5.75 Å². The molecule has 1 heterocycles. The minimum absolute atomic E-state index is 0.388. The number of nitrogens with zero attached hydrogens (tertiary/aromatic N) is 1. The van der Waals surface area contributed by atoms with E-state index in [0.29, 0.717) is 17.6 Å². The van der Waals surface area contributed by atoms with Crippen LogP contribution < -0.4 is 10.5 Å². The lowest BCUT2D eigenvalue weighted by molar-refractivity contribution is 0.0665. The molecule has 3 unspecified atom stereocenters. The third kappa shape index (κ3) is 4.17. The summed E-state index contributed by atoms with van der Waals surface area (Å²) in [4.78, 5) is 2.92. The van der Waals surface area contributed by atoms with Gasteiger partial charge in [0.25, 0.3) is 0 Å². The summed E-state index contributed by atoms with van der Waals surface area (Å²) in [5.41, 5.74) is 6.55. The number of likely N-dealkylation sites (tertiary alicyclic amines) is 1. The van der Waals surface area contributed by atoms with Crippen LogP contribution in [0.4, 0.5) is 0 Å². The molecule has 2 rings (SSSR count).